The maximum atomic E-state index is 12.9. The number of nitrogens with zero attached hydrogens (tertiary/aromatic N) is 2. The molecule has 2 aliphatic heterocycles. The van der Waals surface area contributed by atoms with Crippen LogP contribution in [0, 0.1) is 0 Å². The minimum Gasteiger partial charge on any atom is -0.376 e. The van der Waals surface area contributed by atoms with E-state index in [1.54, 1.807) is 0 Å². The first-order valence-electron chi connectivity index (χ1n) is 8.71. The molecule has 2 saturated heterocycles. The summed E-state index contributed by atoms with van der Waals surface area (Å²) in [6.45, 7) is 4.97. The van der Waals surface area contributed by atoms with Gasteiger partial charge in [0.2, 0.25) is 10.0 Å². The fourth-order valence-corrected chi connectivity index (χ4v) is 5.12. The lowest BCUT2D eigenvalue weighted by Gasteiger charge is -2.41. The predicted octanol–water partition coefficient (Wildman–Crippen LogP) is 2.58. The van der Waals surface area contributed by atoms with Crippen LogP contribution in [-0.2, 0) is 20.9 Å². The molecule has 5 nitrogen and oxygen atoms in total. The van der Waals surface area contributed by atoms with Crippen molar-refractivity contribution in [2.45, 2.75) is 43.0 Å². The van der Waals surface area contributed by atoms with Crippen LogP contribution in [0.25, 0.3) is 0 Å². The minimum absolute atomic E-state index is 0.163. The van der Waals surface area contributed by atoms with Crippen molar-refractivity contribution in [3.05, 3.63) is 29.8 Å². The fourth-order valence-electron chi connectivity index (χ4n) is 3.61. The SMILES string of the molecule is C[C@@H]1CN(C2CCN(S(=O)(=O)c3cccc(C(F)(F)F)c3)CC2)CCO1. The number of alkyl halides is 3. The third-order valence-electron chi connectivity index (χ3n) is 5.01. The smallest absolute Gasteiger partial charge is 0.376 e. The lowest BCUT2D eigenvalue weighted by atomic mass is 10.0. The van der Waals surface area contributed by atoms with E-state index in [-0.39, 0.29) is 17.0 Å². The highest BCUT2D eigenvalue weighted by Gasteiger charge is 2.35. The first kappa shape index (κ1) is 19.6. The van der Waals surface area contributed by atoms with Crippen molar-refractivity contribution in [2.24, 2.45) is 0 Å². The van der Waals surface area contributed by atoms with Gasteiger partial charge in [0.25, 0.3) is 0 Å². The zero-order valence-electron chi connectivity index (χ0n) is 14.6. The van der Waals surface area contributed by atoms with Crippen LogP contribution in [0.4, 0.5) is 13.2 Å². The molecule has 0 N–H and O–H groups in total. The first-order valence-corrected chi connectivity index (χ1v) is 10.1. The van der Waals surface area contributed by atoms with Crippen molar-refractivity contribution < 1.29 is 26.3 Å². The van der Waals surface area contributed by atoms with E-state index in [2.05, 4.69) is 4.90 Å². The van der Waals surface area contributed by atoms with Gasteiger partial charge >= 0.3 is 6.18 Å². The van der Waals surface area contributed by atoms with Gasteiger partial charge in [-0.05, 0) is 38.0 Å². The lowest BCUT2D eigenvalue weighted by Crippen LogP contribution is -2.51. The van der Waals surface area contributed by atoms with E-state index in [4.69, 9.17) is 4.74 Å². The molecule has 0 spiro atoms. The normalized spacial score (nSPS) is 24.7. The van der Waals surface area contributed by atoms with Crippen LogP contribution in [0.3, 0.4) is 0 Å². The molecule has 2 heterocycles. The van der Waals surface area contributed by atoms with Crippen LogP contribution in [0.5, 0.6) is 0 Å². The number of benzene rings is 1. The van der Waals surface area contributed by atoms with E-state index in [1.807, 2.05) is 6.92 Å². The summed E-state index contributed by atoms with van der Waals surface area (Å²) in [4.78, 5) is 2.02. The minimum atomic E-state index is -4.56. The number of rotatable bonds is 3. The van der Waals surface area contributed by atoms with Crippen LogP contribution >= 0.6 is 0 Å². The summed E-state index contributed by atoms with van der Waals surface area (Å²) in [5.41, 5.74) is -0.948. The Morgan fingerprint density at radius 2 is 1.85 bits per heavy atom. The van der Waals surface area contributed by atoms with Crippen molar-refractivity contribution >= 4 is 10.0 Å². The van der Waals surface area contributed by atoms with Crippen molar-refractivity contribution in [3.8, 4) is 0 Å². The zero-order chi connectivity index (χ0) is 18.9. The van der Waals surface area contributed by atoms with Gasteiger partial charge in [0.1, 0.15) is 0 Å². The van der Waals surface area contributed by atoms with Gasteiger partial charge in [0.05, 0.1) is 23.2 Å². The summed E-state index contributed by atoms with van der Waals surface area (Å²) in [6, 6.07) is 4.24. The summed E-state index contributed by atoms with van der Waals surface area (Å²) in [5.74, 6) is 0. The quantitative estimate of drug-likeness (QED) is 0.794. The molecule has 1 aromatic rings. The summed E-state index contributed by atoms with van der Waals surface area (Å²) in [7, 11) is -3.92. The number of sulfonamides is 1. The first-order chi connectivity index (χ1) is 12.2. The van der Waals surface area contributed by atoms with E-state index in [1.165, 1.54) is 10.4 Å². The second-order valence-electron chi connectivity index (χ2n) is 6.84. The standard InChI is InChI=1S/C17H23F3N2O3S/c1-13-12-21(9-10-25-13)15-5-7-22(8-6-15)26(23,24)16-4-2-3-14(11-16)17(18,19)20/h2-4,11,13,15H,5-10,12H2,1H3/t13-/m1/s1. The zero-order valence-corrected chi connectivity index (χ0v) is 15.4. The molecule has 9 heteroatoms. The van der Waals surface area contributed by atoms with Gasteiger partial charge in [-0.25, -0.2) is 8.42 Å². The van der Waals surface area contributed by atoms with Gasteiger partial charge in [-0.15, -0.1) is 0 Å². The molecule has 2 aliphatic rings. The molecular weight excluding hydrogens is 369 g/mol. The van der Waals surface area contributed by atoms with Crippen LogP contribution in [0.15, 0.2) is 29.2 Å². The molecule has 146 valence electrons. The fraction of sp³-hybridized carbons (Fsp3) is 0.647. The molecule has 0 bridgehead atoms. The molecular formula is C17H23F3N2O3S. The van der Waals surface area contributed by atoms with Crippen molar-refractivity contribution in [3.63, 3.8) is 0 Å². The van der Waals surface area contributed by atoms with Crippen LogP contribution < -0.4 is 0 Å². The predicted molar refractivity (Wildman–Crippen MR) is 90.2 cm³/mol. The Bertz CT molecular complexity index is 731. The summed E-state index contributed by atoms with van der Waals surface area (Å²) in [5, 5.41) is 0. The van der Waals surface area contributed by atoms with Gasteiger partial charge in [-0.2, -0.15) is 17.5 Å². The van der Waals surface area contributed by atoms with Gasteiger partial charge < -0.3 is 4.74 Å². The molecule has 0 unspecified atom stereocenters. The third-order valence-corrected chi connectivity index (χ3v) is 6.91. The number of hydrogen-bond donors (Lipinski definition) is 0. The highest BCUT2D eigenvalue weighted by Crippen LogP contribution is 2.32. The second-order valence-corrected chi connectivity index (χ2v) is 8.78. The summed E-state index contributed by atoms with van der Waals surface area (Å²) >= 11 is 0. The van der Waals surface area contributed by atoms with Gasteiger partial charge in [0, 0.05) is 32.2 Å². The molecule has 0 saturated carbocycles. The molecule has 26 heavy (non-hydrogen) atoms. The third kappa shape index (κ3) is 4.21. The van der Waals surface area contributed by atoms with Crippen LogP contribution in [0.2, 0.25) is 0 Å². The van der Waals surface area contributed by atoms with E-state index < -0.39 is 21.8 Å². The number of ether oxygens (including phenoxy) is 1. The molecule has 0 radical (unpaired) electrons. The highest BCUT2D eigenvalue weighted by atomic mass is 32.2. The Hall–Kier alpha value is -1.16. The Kier molecular flexibility index (Phi) is 5.62. The van der Waals surface area contributed by atoms with Crippen molar-refractivity contribution in [1.82, 2.24) is 9.21 Å². The largest absolute Gasteiger partial charge is 0.416 e. The average Bonchev–Trinajstić information content (AvgIpc) is 2.61. The van der Waals surface area contributed by atoms with Crippen LogP contribution in [0.1, 0.15) is 25.3 Å². The Balaban J connectivity index is 1.68. The number of halogens is 3. The maximum Gasteiger partial charge on any atom is 0.416 e. The number of morpholine rings is 1. The Morgan fingerprint density at radius 3 is 2.46 bits per heavy atom. The molecule has 1 atom stereocenters. The van der Waals surface area contributed by atoms with Crippen molar-refractivity contribution in [1.29, 1.82) is 0 Å². The van der Waals surface area contributed by atoms with E-state index in [0.717, 1.165) is 25.2 Å². The maximum absolute atomic E-state index is 12.9. The summed E-state index contributed by atoms with van der Waals surface area (Å²) in [6.07, 6.45) is -3.06. The van der Waals surface area contributed by atoms with Gasteiger partial charge in [-0.3, -0.25) is 4.90 Å². The Morgan fingerprint density at radius 1 is 1.15 bits per heavy atom. The second kappa shape index (κ2) is 7.46. The topological polar surface area (TPSA) is 49.9 Å². The highest BCUT2D eigenvalue weighted by molar-refractivity contribution is 7.89. The Labute approximate surface area is 151 Å². The molecule has 1 aromatic carbocycles. The molecule has 0 aromatic heterocycles. The van der Waals surface area contributed by atoms with Crippen molar-refractivity contribution in [2.75, 3.05) is 32.8 Å². The molecule has 0 amide bonds. The van der Waals surface area contributed by atoms with Gasteiger partial charge in [-0.1, -0.05) is 6.07 Å². The average molecular weight is 392 g/mol. The molecule has 3 rings (SSSR count). The monoisotopic (exact) mass is 392 g/mol. The van der Waals surface area contributed by atoms with Crippen LogP contribution in [-0.4, -0.2) is 62.6 Å². The van der Waals surface area contributed by atoms with E-state index >= 15 is 0 Å². The van der Waals surface area contributed by atoms with Gasteiger partial charge in [0.15, 0.2) is 0 Å². The number of hydrogen-bond acceptors (Lipinski definition) is 4. The molecule has 0 aliphatic carbocycles. The molecule has 2 fully saturated rings. The summed E-state index contributed by atoms with van der Waals surface area (Å²) < 4.78 is 70.9. The van der Waals surface area contributed by atoms with E-state index in [0.29, 0.717) is 38.6 Å². The van der Waals surface area contributed by atoms with E-state index in [9.17, 15) is 21.6 Å². The number of piperidine rings is 1. The lowest BCUT2D eigenvalue weighted by molar-refractivity contribution is -0.137.